The fourth-order valence-corrected chi connectivity index (χ4v) is 2.13. The third-order valence-electron chi connectivity index (χ3n) is 3.42. The van der Waals surface area contributed by atoms with E-state index in [9.17, 15) is 8.78 Å². The van der Waals surface area contributed by atoms with Gasteiger partial charge in [0.1, 0.15) is 5.75 Å². The fourth-order valence-electron chi connectivity index (χ4n) is 2.13. The molecule has 114 valence electrons. The molecule has 5 nitrogen and oxygen atoms in total. The molecule has 0 unspecified atom stereocenters. The highest BCUT2D eigenvalue weighted by Gasteiger charge is 2.39. The molecule has 1 aliphatic carbocycles. The van der Waals surface area contributed by atoms with Crippen molar-refractivity contribution in [3.05, 3.63) is 30.1 Å². The summed E-state index contributed by atoms with van der Waals surface area (Å²) in [6.07, 6.45) is 2.68. The van der Waals surface area contributed by atoms with Crippen molar-refractivity contribution >= 4 is 12.4 Å². The average Bonchev–Trinajstić information content (AvgIpc) is 2.85. The van der Waals surface area contributed by atoms with Gasteiger partial charge in [0.15, 0.2) is 5.82 Å². The number of rotatable bonds is 4. The Labute approximate surface area is 125 Å². The number of nitrogens with zero attached hydrogens (tertiary/aromatic N) is 2. The molecule has 1 aromatic carbocycles. The van der Waals surface area contributed by atoms with E-state index in [-0.39, 0.29) is 24.0 Å². The zero-order valence-electron chi connectivity index (χ0n) is 11.0. The van der Waals surface area contributed by atoms with Crippen molar-refractivity contribution in [2.75, 3.05) is 0 Å². The second-order valence-electron chi connectivity index (χ2n) is 4.84. The van der Waals surface area contributed by atoms with Gasteiger partial charge in [0, 0.05) is 5.56 Å². The third kappa shape index (κ3) is 3.14. The maximum atomic E-state index is 12.2. The molecular formula is C13H14ClF2N3O2. The summed E-state index contributed by atoms with van der Waals surface area (Å²) in [5, 5.41) is 3.88. The van der Waals surface area contributed by atoms with Crippen molar-refractivity contribution in [1.29, 1.82) is 0 Å². The predicted molar refractivity (Wildman–Crippen MR) is 73.3 cm³/mol. The summed E-state index contributed by atoms with van der Waals surface area (Å²) in [5.74, 6) is 0.749. The molecule has 1 saturated carbocycles. The Morgan fingerprint density at radius 1 is 1.33 bits per heavy atom. The lowest BCUT2D eigenvalue weighted by molar-refractivity contribution is -0.0498. The van der Waals surface area contributed by atoms with Gasteiger partial charge in [-0.05, 0) is 37.5 Å². The quantitative estimate of drug-likeness (QED) is 0.938. The first-order chi connectivity index (χ1) is 9.57. The number of aromatic nitrogens is 2. The van der Waals surface area contributed by atoms with Crippen LogP contribution in [-0.4, -0.2) is 16.8 Å². The topological polar surface area (TPSA) is 74.2 Å². The minimum absolute atomic E-state index is 0. The molecule has 21 heavy (non-hydrogen) atoms. The molecule has 0 amide bonds. The number of nitrogens with two attached hydrogens (primary N) is 1. The molecule has 0 atom stereocenters. The fraction of sp³-hybridized carbons (Fsp3) is 0.385. The molecule has 2 N–H and O–H groups in total. The number of halogens is 3. The van der Waals surface area contributed by atoms with E-state index >= 15 is 0 Å². The molecule has 0 aliphatic heterocycles. The highest BCUT2D eigenvalue weighted by Crippen LogP contribution is 2.37. The van der Waals surface area contributed by atoms with Crippen LogP contribution in [0.15, 0.2) is 28.8 Å². The average molecular weight is 318 g/mol. The van der Waals surface area contributed by atoms with Crippen LogP contribution < -0.4 is 10.5 Å². The first kappa shape index (κ1) is 15.7. The third-order valence-corrected chi connectivity index (χ3v) is 3.42. The van der Waals surface area contributed by atoms with Crippen LogP contribution in [-0.2, 0) is 5.54 Å². The Morgan fingerprint density at radius 2 is 2.10 bits per heavy atom. The lowest BCUT2D eigenvalue weighted by atomic mass is 9.77. The van der Waals surface area contributed by atoms with Crippen LogP contribution in [0.25, 0.3) is 11.5 Å². The minimum atomic E-state index is -2.87. The van der Waals surface area contributed by atoms with Gasteiger partial charge in [-0.15, -0.1) is 12.4 Å². The normalized spacial score (nSPS) is 16.2. The van der Waals surface area contributed by atoms with E-state index in [0.29, 0.717) is 11.4 Å². The zero-order valence-corrected chi connectivity index (χ0v) is 11.8. The van der Waals surface area contributed by atoms with Crippen LogP contribution in [0, 0.1) is 0 Å². The lowest BCUT2D eigenvalue weighted by Crippen LogP contribution is -2.44. The van der Waals surface area contributed by atoms with Crippen molar-refractivity contribution in [1.82, 2.24) is 10.1 Å². The predicted octanol–water partition coefficient (Wildman–Crippen LogP) is 3.10. The maximum Gasteiger partial charge on any atom is 0.387 e. The summed E-state index contributed by atoms with van der Waals surface area (Å²) in [6, 6.07) is 6.12. The zero-order chi connectivity index (χ0) is 14.2. The summed E-state index contributed by atoms with van der Waals surface area (Å²) in [4.78, 5) is 4.25. The molecule has 1 fully saturated rings. The molecule has 2 aromatic rings. The molecule has 1 heterocycles. The standard InChI is InChI=1S/C13H13F2N3O2.ClH/c14-12(15)19-9-4-1-3-8(7-9)10-17-11(18-20-10)13(16)5-2-6-13;/h1,3-4,7,12H,2,5-6,16H2;1H. The van der Waals surface area contributed by atoms with E-state index in [1.165, 1.54) is 12.1 Å². The van der Waals surface area contributed by atoms with E-state index in [0.717, 1.165) is 19.3 Å². The largest absolute Gasteiger partial charge is 0.435 e. The van der Waals surface area contributed by atoms with E-state index < -0.39 is 12.2 Å². The number of hydrogen-bond donors (Lipinski definition) is 1. The Bertz CT molecular complexity index is 617. The lowest BCUT2D eigenvalue weighted by Gasteiger charge is -2.34. The van der Waals surface area contributed by atoms with Crippen LogP contribution >= 0.6 is 12.4 Å². The molecule has 0 radical (unpaired) electrons. The van der Waals surface area contributed by atoms with Gasteiger partial charge in [0.05, 0.1) is 5.54 Å². The molecule has 0 saturated heterocycles. The Kier molecular flexibility index (Phi) is 4.43. The number of alkyl halides is 2. The van der Waals surface area contributed by atoms with Gasteiger partial charge < -0.3 is 15.0 Å². The van der Waals surface area contributed by atoms with Gasteiger partial charge in [-0.3, -0.25) is 0 Å². The van der Waals surface area contributed by atoms with Crippen molar-refractivity contribution in [3.63, 3.8) is 0 Å². The summed E-state index contributed by atoms with van der Waals surface area (Å²) in [6.45, 7) is -2.87. The van der Waals surface area contributed by atoms with Gasteiger partial charge >= 0.3 is 6.61 Å². The van der Waals surface area contributed by atoms with Gasteiger partial charge in [0.25, 0.3) is 5.89 Å². The summed E-state index contributed by atoms with van der Waals surface area (Å²) in [5.41, 5.74) is 6.11. The number of ether oxygens (including phenoxy) is 1. The first-order valence-corrected chi connectivity index (χ1v) is 6.25. The highest BCUT2D eigenvalue weighted by atomic mass is 35.5. The minimum Gasteiger partial charge on any atom is -0.435 e. The molecule has 1 aromatic heterocycles. The smallest absolute Gasteiger partial charge is 0.387 e. The monoisotopic (exact) mass is 317 g/mol. The van der Waals surface area contributed by atoms with Crippen molar-refractivity contribution in [2.24, 2.45) is 5.73 Å². The van der Waals surface area contributed by atoms with Crippen LogP contribution in [0.5, 0.6) is 5.75 Å². The van der Waals surface area contributed by atoms with E-state index in [4.69, 9.17) is 10.3 Å². The second-order valence-corrected chi connectivity index (χ2v) is 4.84. The van der Waals surface area contributed by atoms with Crippen LogP contribution in [0.4, 0.5) is 8.78 Å². The van der Waals surface area contributed by atoms with Gasteiger partial charge in [-0.2, -0.15) is 13.8 Å². The molecule has 1 aliphatic rings. The highest BCUT2D eigenvalue weighted by molar-refractivity contribution is 5.85. The second kappa shape index (κ2) is 5.95. The molecule has 8 heteroatoms. The van der Waals surface area contributed by atoms with Gasteiger partial charge in [0.2, 0.25) is 0 Å². The van der Waals surface area contributed by atoms with Crippen molar-refractivity contribution < 1.29 is 18.0 Å². The SMILES string of the molecule is Cl.NC1(c2noc(-c3cccc(OC(F)F)c3)n2)CCC1. The van der Waals surface area contributed by atoms with Crippen LogP contribution in [0.2, 0.25) is 0 Å². The van der Waals surface area contributed by atoms with Gasteiger partial charge in [-0.1, -0.05) is 11.2 Å². The van der Waals surface area contributed by atoms with Crippen molar-refractivity contribution in [3.8, 4) is 17.2 Å². The van der Waals surface area contributed by atoms with Gasteiger partial charge in [-0.25, -0.2) is 0 Å². The Hall–Kier alpha value is -1.73. The molecular weight excluding hydrogens is 304 g/mol. The van der Waals surface area contributed by atoms with E-state index in [1.54, 1.807) is 12.1 Å². The summed E-state index contributed by atoms with van der Waals surface area (Å²) >= 11 is 0. The van der Waals surface area contributed by atoms with Crippen molar-refractivity contribution in [2.45, 2.75) is 31.4 Å². The van der Waals surface area contributed by atoms with E-state index in [2.05, 4.69) is 14.9 Å². The van der Waals surface area contributed by atoms with Crippen LogP contribution in [0.3, 0.4) is 0 Å². The van der Waals surface area contributed by atoms with E-state index in [1.807, 2.05) is 0 Å². The molecule has 0 bridgehead atoms. The summed E-state index contributed by atoms with van der Waals surface area (Å²) in [7, 11) is 0. The summed E-state index contributed by atoms with van der Waals surface area (Å²) < 4.78 is 33.8. The number of hydrogen-bond acceptors (Lipinski definition) is 5. The molecule has 0 spiro atoms. The Balaban J connectivity index is 0.00000161. The Morgan fingerprint density at radius 3 is 2.71 bits per heavy atom. The maximum absolute atomic E-state index is 12.2. The van der Waals surface area contributed by atoms with Crippen LogP contribution in [0.1, 0.15) is 25.1 Å². The number of benzene rings is 1. The molecule has 3 rings (SSSR count). The first-order valence-electron chi connectivity index (χ1n) is 6.25.